The highest BCUT2D eigenvalue weighted by Gasteiger charge is 2.32. The smallest absolute Gasteiger partial charge is 0.150 e. The SMILES string of the molecule is NC(COc1cccc(Cl)c1)C1CCS(=O)(=O)C1. The number of halogens is 1. The van der Waals surface area contributed by atoms with Crippen LogP contribution in [-0.2, 0) is 9.84 Å². The fraction of sp³-hybridized carbons (Fsp3) is 0.500. The first-order chi connectivity index (χ1) is 8.46. The molecular formula is C12H16ClNO3S. The molecule has 2 N–H and O–H groups in total. The third-order valence-corrected chi connectivity index (χ3v) is 5.14. The van der Waals surface area contributed by atoms with E-state index in [0.717, 1.165) is 0 Å². The van der Waals surface area contributed by atoms with Crippen LogP contribution in [0.2, 0.25) is 5.02 Å². The zero-order valence-electron chi connectivity index (χ0n) is 9.88. The minimum Gasteiger partial charge on any atom is -0.492 e. The van der Waals surface area contributed by atoms with Gasteiger partial charge in [-0.1, -0.05) is 17.7 Å². The highest BCUT2D eigenvalue weighted by molar-refractivity contribution is 7.91. The van der Waals surface area contributed by atoms with Crippen LogP contribution in [0.25, 0.3) is 0 Å². The summed E-state index contributed by atoms with van der Waals surface area (Å²) in [6, 6.07) is 6.80. The number of hydrogen-bond acceptors (Lipinski definition) is 4. The van der Waals surface area contributed by atoms with Crippen molar-refractivity contribution in [3.63, 3.8) is 0 Å². The van der Waals surface area contributed by atoms with Crippen molar-refractivity contribution in [2.45, 2.75) is 12.5 Å². The van der Waals surface area contributed by atoms with E-state index in [0.29, 0.717) is 23.8 Å². The van der Waals surface area contributed by atoms with Gasteiger partial charge >= 0.3 is 0 Å². The Morgan fingerprint density at radius 3 is 2.89 bits per heavy atom. The Bertz CT molecular complexity index is 518. The molecule has 18 heavy (non-hydrogen) atoms. The van der Waals surface area contributed by atoms with Crippen molar-refractivity contribution < 1.29 is 13.2 Å². The molecule has 1 aromatic rings. The summed E-state index contributed by atoms with van der Waals surface area (Å²) in [6.45, 7) is 0.306. The van der Waals surface area contributed by atoms with E-state index in [1.807, 2.05) is 0 Å². The standard InChI is InChI=1S/C12H16ClNO3S/c13-10-2-1-3-11(6-10)17-7-12(14)9-4-5-18(15,16)8-9/h1-3,6,9,12H,4-5,7-8,14H2. The van der Waals surface area contributed by atoms with Gasteiger partial charge in [0.2, 0.25) is 0 Å². The third-order valence-electron chi connectivity index (χ3n) is 3.11. The zero-order valence-corrected chi connectivity index (χ0v) is 11.5. The van der Waals surface area contributed by atoms with Crippen LogP contribution < -0.4 is 10.5 Å². The van der Waals surface area contributed by atoms with Crippen LogP contribution in [-0.4, -0.2) is 32.6 Å². The van der Waals surface area contributed by atoms with Gasteiger partial charge in [0.05, 0.1) is 11.5 Å². The predicted octanol–water partition coefficient (Wildman–Crippen LogP) is 1.48. The van der Waals surface area contributed by atoms with Crippen molar-refractivity contribution in [1.82, 2.24) is 0 Å². The summed E-state index contributed by atoms with van der Waals surface area (Å²) in [6.07, 6.45) is 0.627. The van der Waals surface area contributed by atoms with Crippen molar-refractivity contribution >= 4 is 21.4 Å². The summed E-state index contributed by atoms with van der Waals surface area (Å²) in [4.78, 5) is 0. The average molecular weight is 290 g/mol. The molecule has 1 aromatic carbocycles. The highest BCUT2D eigenvalue weighted by atomic mass is 35.5. The van der Waals surface area contributed by atoms with E-state index < -0.39 is 9.84 Å². The predicted molar refractivity (Wildman–Crippen MR) is 71.7 cm³/mol. The van der Waals surface area contributed by atoms with Crippen molar-refractivity contribution in [1.29, 1.82) is 0 Å². The zero-order chi connectivity index (χ0) is 13.2. The van der Waals surface area contributed by atoms with E-state index in [1.54, 1.807) is 24.3 Å². The Hall–Kier alpha value is -0.780. The first-order valence-corrected chi connectivity index (χ1v) is 8.00. The van der Waals surface area contributed by atoms with E-state index in [2.05, 4.69) is 0 Å². The molecule has 1 fully saturated rings. The number of rotatable bonds is 4. The van der Waals surface area contributed by atoms with Gasteiger partial charge in [-0.25, -0.2) is 8.42 Å². The maximum Gasteiger partial charge on any atom is 0.150 e. The molecule has 100 valence electrons. The Labute approximate surface area is 112 Å². The molecule has 0 spiro atoms. The van der Waals surface area contributed by atoms with E-state index >= 15 is 0 Å². The van der Waals surface area contributed by atoms with Gasteiger partial charge in [0, 0.05) is 11.1 Å². The van der Waals surface area contributed by atoms with Gasteiger partial charge in [-0.05, 0) is 30.5 Å². The number of ether oxygens (including phenoxy) is 1. The molecule has 1 aliphatic rings. The van der Waals surface area contributed by atoms with Crippen LogP contribution in [0.4, 0.5) is 0 Å². The lowest BCUT2D eigenvalue weighted by molar-refractivity contribution is 0.255. The van der Waals surface area contributed by atoms with E-state index in [9.17, 15) is 8.42 Å². The normalized spacial score (nSPS) is 23.8. The Morgan fingerprint density at radius 1 is 1.50 bits per heavy atom. The second kappa shape index (κ2) is 5.47. The van der Waals surface area contributed by atoms with Gasteiger partial charge in [-0.3, -0.25) is 0 Å². The summed E-state index contributed by atoms with van der Waals surface area (Å²) < 4.78 is 28.2. The Kier molecular flexibility index (Phi) is 4.14. The Balaban J connectivity index is 1.87. The van der Waals surface area contributed by atoms with Gasteiger partial charge in [0.15, 0.2) is 9.84 Å². The molecule has 0 aromatic heterocycles. The summed E-state index contributed by atoms with van der Waals surface area (Å²) in [5.41, 5.74) is 5.96. The van der Waals surface area contributed by atoms with Crippen molar-refractivity contribution in [3.8, 4) is 5.75 Å². The second-order valence-corrected chi connectivity index (χ2v) is 7.26. The molecule has 1 aliphatic heterocycles. The summed E-state index contributed by atoms with van der Waals surface area (Å²) in [5.74, 6) is 1.06. The van der Waals surface area contributed by atoms with Crippen LogP contribution >= 0.6 is 11.6 Å². The molecule has 0 aliphatic carbocycles. The molecular weight excluding hydrogens is 274 g/mol. The molecule has 6 heteroatoms. The van der Waals surface area contributed by atoms with Gasteiger partial charge in [0.1, 0.15) is 12.4 Å². The average Bonchev–Trinajstić information content (AvgIpc) is 2.67. The van der Waals surface area contributed by atoms with Gasteiger partial charge < -0.3 is 10.5 Å². The minimum atomic E-state index is -2.89. The monoisotopic (exact) mass is 289 g/mol. The van der Waals surface area contributed by atoms with Crippen LogP contribution in [0.15, 0.2) is 24.3 Å². The van der Waals surface area contributed by atoms with Crippen molar-refractivity contribution in [3.05, 3.63) is 29.3 Å². The number of benzene rings is 1. The molecule has 0 bridgehead atoms. The van der Waals surface area contributed by atoms with Crippen LogP contribution in [0.1, 0.15) is 6.42 Å². The quantitative estimate of drug-likeness (QED) is 0.911. The van der Waals surface area contributed by atoms with E-state index in [-0.39, 0.29) is 23.5 Å². The fourth-order valence-corrected chi connectivity index (χ4v) is 4.12. The topological polar surface area (TPSA) is 69.4 Å². The van der Waals surface area contributed by atoms with Crippen LogP contribution in [0, 0.1) is 5.92 Å². The fourth-order valence-electron chi connectivity index (χ4n) is 2.05. The lowest BCUT2D eigenvalue weighted by Crippen LogP contribution is -2.36. The molecule has 0 saturated carbocycles. The lowest BCUT2D eigenvalue weighted by atomic mass is 10.0. The molecule has 1 saturated heterocycles. The number of nitrogens with two attached hydrogens (primary N) is 1. The maximum atomic E-state index is 11.4. The lowest BCUT2D eigenvalue weighted by Gasteiger charge is -2.18. The van der Waals surface area contributed by atoms with Crippen molar-refractivity contribution in [2.24, 2.45) is 11.7 Å². The highest BCUT2D eigenvalue weighted by Crippen LogP contribution is 2.22. The van der Waals surface area contributed by atoms with E-state index in [4.69, 9.17) is 22.1 Å². The van der Waals surface area contributed by atoms with Crippen LogP contribution in [0.3, 0.4) is 0 Å². The Morgan fingerprint density at radius 2 is 2.28 bits per heavy atom. The molecule has 2 rings (SSSR count). The summed E-state index contributed by atoms with van der Waals surface area (Å²) in [7, 11) is -2.89. The van der Waals surface area contributed by atoms with Crippen molar-refractivity contribution in [2.75, 3.05) is 18.1 Å². The maximum absolute atomic E-state index is 11.4. The second-order valence-electron chi connectivity index (χ2n) is 4.60. The molecule has 0 radical (unpaired) electrons. The molecule has 1 heterocycles. The number of sulfone groups is 1. The van der Waals surface area contributed by atoms with Gasteiger partial charge in [0.25, 0.3) is 0 Å². The molecule has 0 amide bonds. The minimum absolute atomic E-state index is 0.00539. The summed E-state index contributed by atoms with van der Waals surface area (Å²) >= 11 is 5.83. The molecule has 2 unspecified atom stereocenters. The van der Waals surface area contributed by atoms with Gasteiger partial charge in [-0.2, -0.15) is 0 Å². The van der Waals surface area contributed by atoms with Crippen LogP contribution in [0.5, 0.6) is 5.75 Å². The first-order valence-electron chi connectivity index (χ1n) is 5.81. The molecule has 2 atom stereocenters. The third kappa shape index (κ3) is 3.60. The molecule has 4 nitrogen and oxygen atoms in total. The largest absolute Gasteiger partial charge is 0.492 e. The number of hydrogen-bond donors (Lipinski definition) is 1. The summed E-state index contributed by atoms with van der Waals surface area (Å²) in [5, 5.41) is 0.601. The van der Waals surface area contributed by atoms with E-state index in [1.165, 1.54) is 0 Å². The van der Waals surface area contributed by atoms with Gasteiger partial charge in [-0.15, -0.1) is 0 Å². The first kappa shape index (κ1) is 13.6.